The lowest BCUT2D eigenvalue weighted by molar-refractivity contribution is -0.137. The molecule has 0 aromatic carbocycles. The number of amides is 1. The molecule has 1 amide bonds. The van der Waals surface area contributed by atoms with Crippen molar-refractivity contribution in [2.24, 2.45) is 0 Å². The van der Waals surface area contributed by atoms with E-state index in [4.69, 9.17) is 0 Å². The maximum atomic E-state index is 13.3. The Labute approximate surface area is 179 Å². The Kier molecular flexibility index (Phi) is 7.14. The number of hydrogen-bond donors (Lipinski definition) is 1. The molecule has 1 N–H and O–H groups in total. The number of anilines is 2. The predicted molar refractivity (Wildman–Crippen MR) is 109 cm³/mol. The van der Waals surface area contributed by atoms with Crippen molar-refractivity contribution in [1.29, 1.82) is 0 Å². The van der Waals surface area contributed by atoms with Gasteiger partial charge in [0.25, 0.3) is 12.0 Å². The zero-order chi connectivity index (χ0) is 22.6. The number of carbonyl (C=O) groups excluding carboxylic acids is 1. The lowest BCUT2D eigenvalue weighted by Gasteiger charge is -2.24. The fraction of sp³-hybridized carbons (Fsp3) is 0.350. The number of nitrogens with one attached hydrogen (secondary N) is 1. The second-order valence-electron chi connectivity index (χ2n) is 6.84. The Balaban J connectivity index is 1.96. The zero-order valence-corrected chi connectivity index (χ0v) is 17.3. The molecule has 0 unspecified atom stereocenters. The van der Waals surface area contributed by atoms with Gasteiger partial charge in [0.2, 0.25) is 0 Å². The van der Waals surface area contributed by atoms with Gasteiger partial charge in [-0.25, -0.2) is 9.97 Å². The second kappa shape index (κ2) is 9.63. The number of nitrogens with zero attached hydrogens (tertiary/aromatic N) is 3. The van der Waals surface area contributed by atoms with Crippen molar-refractivity contribution < 1.29 is 26.7 Å². The normalized spacial score (nSPS) is 14.9. The van der Waals surface area contributed by atoms with Gasteiger partial charge in [-0.05, 0) is 49.3 Å². The number of halogens is 5. The first kappa shape index (κ1) is 23.0. The third-order valence-electron chi connectivity index (χ3n) is 4.80. The summed E-state index contributed by atoms with van der Waals surface area (Å²) in [4.78, 5) is 22.5. The van der Waals surface area contributed by atoms with E-state index in [9.17, 15) is 26.7 Å². The number of carbonyl (C=O) groups is 1. The molecule has 11 heteroatoms. The summed E-state index contributed by atoms with van der Waals surface area (Å²) in [7, 11) is 0. The van der Waals surface area contributed by atoms with E-state index in [2.05, 4.69) is 15.3 Å². The van der Waals surface area contributed by atoms with Gasteiger partial charge in [-0.1, -0.05) is 0 Å². The Morgan fingerprint density at radius 1 is 1.16 bits per heavy atom. The molecule has 0 saturated carbocycles. The van der Waals surface area contributed by atoms with Gasteiger partial charge in [0.05, 0.1) is 16.2 Å². The van der Waals surface area contributed by atoms with Crippen LogP contribution in [0.4, 0.5) is 33.5 Å². The summed E-state index contributed by atoms with van der Waals surface area (Å²) in [6.45, 7) is 0.415. The van der Waals surface area contributed by atoms with Crippen LogP contribution in [0.15, 0.2) is 47.3 Å². The van der Waals surface area contributed by atoms with Gasteiger partial charge < -0.3 is 10.2 Å². The molecule has 31 heavy (non-hydrogen) atoms. The van der Waals surface area contributed by atoms with Gasteiger partial charge in [-0.2, -0.15) is 22.0 Å². The summed E-state index contributed by atoms with van der Waals surface area (Å²) < 4.78 is 65.7. The standard InChI is InChI=1S/C20H19F5N4OS/c1-31-16-10-14(4-6-26-16)28-19(30)15-9-13(20(23,24)25)11-27-18(15)29-7-2-3-12(5-8-29)17(21)22/h4,6,9-11H,2-3,5,7-8H2,1H3,(H,26,28,30). The van der Waals surface area contributed by atoms with E-state index in [0.717, 1.165) is 6.07 Å². The van der Waals surface area contributed by atoms with Crippen LogP contribution >= 0.6 is 11.8 Å². The summed E-state index contributed by atoms with van der Waals surface area (Å²) in [5, 5.41) is 3.20. The summed E-state index contributed by atoms with van der Waals surface area (Å²) in [6.07, 6.45) is -1.88. The molecule has 1 fully saturated rings. The molecule has 166 valence electrons. The fourth-order valence-corrected chi connectivity index (χ4v) is 3.63. The van der Waals surface area contributed by atoms with E-state index in [0.29, 0.717) is 29.9 Å². The third kappa shape index (κ3) is 5.72. The van der Waals surface area contributed by atoms with Gasteiger partial charge in [0.1, 0.15) is 5.82 Å². The first-order valence-corrected chi connectivity index (χ1v) is 10.6. The van der Waals surface area contributed by atoms with Gasteiger partial charge >= 0.3 is 6.18 Å². The summed E-state index contributed by atoms with van der Waals surface area (Å²) in [6, 6.07) is 3.85. The Morgan fingerprint density at radius 2 is 1.94 bits per heavy atom. The summed E-state index contributed by atoms with van der Waals surface area (Å²) >= 11 is 1.35. The highest BCUT2D eigenvalue weighted by Gasteiger charge is 2.33. The largest absolute Gasteiger partial charge is 0.417 e. The van der Waals surface area contributed by atoms with Crippen molar-refractivity contribution in [2.75, 3.05) is 29.6 Å². The monoisotopic (exact) mass is 458 g/mol. The second-order valence-corrected chi connectivity index (χ2v) is 7.67. The average molecular weight is 458 g/mol. The van der Waals surface area contributed by atoms with Crippen molar-refractivity contribution in [3.8, 4) is 0 Å². The molecule has 0 aliphatic carbocycles. The predicted octanol–water partition coefficient (Wildman–Crippen LogP) is 5.61. The maximum Gasteiger partial charge on any atom is 0.417 e. The van der Waals surface area contributed by atoms with Crippen LogP contribution < -0.4 is 10.2 Å². The molecule has 1 aliphatic rings. The van der Waals surface area contributed by atoms with Crippen molar-refractivity contribution >= 4 is 29.2 Å². The number of rotatable bonds is 4. The number of thioether (sulfide) groups is 1. The van der Waals surface area contributed by atoms with E-state index in [-0.39, 0.29) is 36.3 Å². The maximum absolute atomic E-state index is 13.3. The molecule has 5 nitrogen and oxygen atoms in total. The molecule has 0 bridgehead atoms. The smallest absolute Gasteiger partial charge is 0.356 e. The van der Waals surface area contributed by atoms with Crippen LogP contribution in [0.5, 0.6) is 0 Å². The van der Waals surface area contributed by atoms with Crippen LogP contribution in [0.3, 0.4) is 0 Å². The highest BCUT2D eigenvalue weighted by Crippen LogP contribution is 2.33. The minimum absolute atomic E-state index is 0.0155. The van der Waals surface area contributed by atoms with Gasteiger partial charge in [0.15, 0.2) is 0 Å². The van der Waals surface area contributed by atoms with Crippen molar-refractivity contribution in [3.63, 3.8) is 0 Å². The number of aromatic nitrogens is 2. The van der Waals surface area contributed by atoms with Crippen LogP contribution in [-0.2, 0) is 6.18 Å². The topological polar surface area (TPSA) is 58.1 Å². The van der Waals surface area contributed by atoms with Gasteiger partial charge in [-0.15, -0.1) is 11.8 Å². The van der Waals surface area contributed by atoms with Crippen LogP contribution in [0.25, 0.3) is 0 Å². The van der Waals surface area contributed by atoms with Crippen LogP contribution in [-0.4, -0.2) is 35.2 Å². The molecule has 2 aromatic rings. The molecule has 0 spiro atoms. The molecule has 1 saturated heterocycles. The number of alkyl halides is 3. The molecule has 2 aromatic heterocycles. The number of pyridine rings is 2. The van der Waals surface area contributed by atoms with Crippen molar-refractivity contribution in [3.05, 3.63) is 53.4 Å². The molecular formula is C20H19F5N4OS. The highest BCUT2D eigenvalue weighted by atomic mass is 32.2. The van der Waals surface area contributed by atoms with Crippen LogP contribution in [0, 0.1) is 0 Å². The van der Waals surface area contributed by atoms with E-state index in [1.807, 2.05) is 0 Å². The minimum atomic E-state index is -4.69. The lowest BCUT2D eigenvalue weighted by atomic mass is 10.1. The molecular weight excluding hydrogens is 439 g/mol. The summed E-state index contributed by atoms with van der Waals surface area (Å²) in [5.74, 6) is -0.742. The van der Waals surface area contributed by atoms with Crippen LogP contribution in [0.1, 0.15) is 35.2 Å². The first-order chi connectivity index (χ1) is 14.7. The van der Waals surface area contributed by atoms with E-state index < -0.39 is 23.7 Å². The quantitative estimate of drug-likeness (QED) is 0.477. The SMILES string of the molecule is CSc1cc(NC(=O)c2cc(C(F)(F)F)cnc2N2CCCC(=C(F)F)CC2)ccn1. The zero-order valence-electron chi connectivity index (χ0n) is 16.5. The Bertz CT molecular complexity index is 992. The average Bonchev–Trinajstić information content (AvgIpc) is 2.99. The molecule has 0 atom stereocenters. The van der Waals surface area contributed by atoms with E-state index in [1.54, 1.807) is 17.2 Å². The molecule has 0 radical (unpaired) electrons. The lowest BCUT2D eigenvalue weighted by Crippen LogP contribution is -2.29. The van der Waals surface area contributed by atoms with Gasteiger partial charge in [-0.3, -0.25) is 4.79 Å². The third-order valence-corrected chi connectivity index (χ3v) is 5.44. The molecule has 3 heterocycles. The van der Waals surface area contributed by atoms with E-state index in [1.165, 1.54) is 24.0 Å². The van der Waals surface area contributed by atoms with Crippen molar-refractivity contribution in [1.82, 2.24) is 9.97 Å². The Hall–Kier alpha value is -2.69. The fourth-order valence-electron chi connectivity index (χ4n) is 3.22. The number of hydrogen-bond acceptors (Lipinski definition) is 5. The first-order valence-electron chi connectivity index (χ1n) is 9.35. The van der Waals surface area contributed by atoms with Gasteiger partial charge in [0, 0.05) is 31.2 Å². The molecule has 3 rings (SSSR count). The van der Waals surface area contributed by atoms with E-state index >= 15 is 0 Å². The Morgan fingerprint density at radius 3 is 2.61 bits per heavy atom. The van der Waals surface area contributed by atoms with Crippen LogP contribution in [0.2, 0.25) is 0 Å². The summed E-state index contributed by atoms with van der Waals surface area (Å²) in [5.41, 5.74) is -0.952. The van der Waals surface area contributed by atoms with Crippen molar-refractivity contribution in [2.45, 2.75) is 30.5 Å². The molecule has 1 aliphatic heterocycles. The highest BCUT2D eigenvalue weighted by molar-refractivity contribution is 7.98. The minimum Gasteiger partial charge on any atom is -0.356 e.